The van der Waals surface area contributed by atoms with E-state index in [2.05, 4.69) is 6.58 Å². The minimum atomic E-state index is 0.000790. The zero-order valence-corrected chi connectivity index (χ0v) is 10.2. The molecule has 0 N–H and O–H groups in total. The van der Waals surface area contributed by atoms with Crippen molar-refractivity contribution >= 4 is 16.9 Å². The molecule has 0 heterocycles. The number of carbonyl (C=O) groups is 1. The lowest BCUT2D eigenvalue weighted by Gasteiger charge is -2.08. The Bertz CT molecular complexity index is 388. The van der Waals surface area contributed by atoms with Crippen molar-refractivity contribution in [2.24, 2.45) is 0 Å². The van der Waals surface area contributed by atoms with E-state index in [1.807, 2.05) is 0 Å². The summed E-state index contributed by atoms with van der Waals surface area (Å²) < 4.78 is 10.2. The molecule has 0 atom stereocenters. The zero-order valence-electron chi connectivity index (χ0n) is 9.36. The predicted octanol–water partition coefficient (Wildman–Crippen LogP) is 2.76. The summed E-state index contributed by atoms with van der Waals surface area (Å²) in [6.07, 6.45) is 1.70. The van der Waals surface area contributed by atoms with E-state index in [1.165, 1.54) is 11.8 Å². The van der Waals surface area contributed by atoms with Crippen molar-refractivity contribution in [3.8, 4) is 11.5 Å². The van der Waals surface area contributed by atoms with Crippen LogP contribution < -0.4 is 9.47 Å². The Labute approximate surface area is 99.4 Å². The summed E-state index contributed by atoms with van der Waals surface area (Å²) in [4.78, 5) is 11.7. The fourth-order valence-corrected chi connectivity index (χ4v) is 1.74. The molecule has 0 fully saturated rings. The van der Waals surface area contributed by atoms with Crippen LogP contribution in [-0.2, 0) is 0 Å². The average Bonchev–Trinajstić information content (AvgIpc) is 2.34. The zero-order chi connectivity index (χ0) is 12.0. The maximum atomic E-state index is 11.7. The number of hydrogen-bond acceptors (Lipinski definition) is 4. The highest BCUT2D eigenvalue weighted by Crippen LogP contribution is 2.28. The summed E-state index contributed by atoms with van der Waals surface area (Å²) in [6, 6.07) is 5.12. The van der Waals surface area contributed by atoms with Gasteiger partial charge in [-0.15, -0.1) is 6.58 Å². The quantitative estimate of drug-likeness (QED) is 0.739. The summed E-state index contributed by atoms with van der Waals surface area (Å²) >= 11 is 1.21. The van der Waals surface area contributed by atoms with Gasteiger partial charge in [0, 0.05) is 11.3 Å². The molecule has 0 aliphatic rings. The first-order valence-electron chi connectivity index (χ1n) is 4.73. The highest BCUT2D eigenvalue weighted by Gasteiger charge is 2.10. The van der Waals surface area contributed by atoms with Gasteiger partial charge in [0.15, 0.2) is 11.5 Å². The van der Waals surface area contributed by atoms with E-state index in [1.54, 1.807) is 38.5 Å². The fraction of sp³-hybridized carbons (Fsp3) is 0.250. The molecule has 0 bridgehead atoms. The predicted molar refractivity (Wildman–Crippen MR) is 66.5 cm³/mol. The van der Waals surface area contributed by atoms with Crippen LogP contribution >= 0.6 is 11.8 Å². The molecule has 1 aromatic carbocycles. The second-order valence-electron chi connectivity index (χ2n) is 2.96. The van der Waals surface area contributed by atoms with Gasteiger partial charge in [-0.05, 0) is 18.2 Å². The van der Waals surface area contributed by atoms with Crippen molar-refractivity contribution in [3.63, 3.8) is 0 Å². The lowest BCUT2D eigenvalue weighted by atomic mass is 10.2. The number of ether oxygens (including phenoxy) is 2. The Morgan fingerprint density at radius 2 is 2.06 bits per heavy atom. The first kappa shape index (κ1) is 12.6. The first-order valence-corrected chi connectivity index (χ1v) is 5.71. The van der Waals surface area contributed by atoms with Crippen molar-refractivity contribution in [1.82, 2.24) is 0 Å². The lowest BCUT2D eigenvalue weighted by molar-refractivity contribution is 0.108. The van der Waals surface area contributed by atoms with Crippen molar-refractivity contribution in [3.05, 3.63) is 36.4 Å². The van der Waals surface area contributed by atoms with Crippen molar-refractivity contribution in [2.45, 2.75) is 0 Å². The van der Waals surface area contributed by atoms with Crippen LogP contribution in [-0.4, -0.2) is 25.1 Å². The van der Waals surface area contributed by atoms with Crippen LogP contribution in [0.15, 0.2) is 30.9 Å². The van der Waals surface area contributed by atoms with E-state index in [9.17, 15) is 4.79 Å². The summed E-state index contributed by atoms with van der Waals surface area (Å²) in [5.41, 5.74) is 0.601. The third-order valence-corrected chi connectivity index (χ3v) is 2.85. The van der Waals surface area contributed by atoms with Gasteiger partial charge in [0.1, 0.15) is 0 Å². The number of rotatable bonds is 5. The maximum Gasteiger partial charge on any atom is 0.219 e. The van der Waals surface area contributed by atoms with E-state index in [0.717, 1.165) is 0 Å². The van der Waals surface area contributed by atoms with Crippen LogP contribution in [0.25, 0.3) is 0 Å². The van der Waals surface area contributed by atoms with Crippen LogP contribution in [0.2, 0.25) is 0 Å². The molecular formula is C12H14O3S. The summed E-state index contributed by atoms with van der Waals surface area (Å²) in [5, 5.41) is 0.000790. The normalized spacial score (nSPS) is 9.62. The minimum absolute atomic E-state index is 0.000790. The first-order chi connectivity index (χ1) is 7.72. The van der Waals surface area contributed by atoms with Crippen LogP contribution in [0.1, 0.15) is 10.4 Å². The molecule has 0 saturated carbocycles. The third kappa shape index (κ3) is 3.03. The Hall–Kier alpha value is -1.42. The molecule has 0 aliphatic heterocycles. The molecule has 0 amide bonds. The highest BCUT2D eigenvalue weighted by atomic mass is 32.2. The molecule has 0 unspecified atom stereocenters. The van der Waals surface area contributed by atoms with E-state index in [4.69, 9.17) is 9.47 Å². The molecule has 0 aromatic heterocycles. The smallest absolute Gasteiger partial charge is 0.219 e. The molecule has 1 rings (SSSR count). The molecule has 1 aromatic rings. The highest BCUT2D eigenvalue weighted by molar-refractivity contribution is 8.14. The molecule has 16 heavy (non-hydrogen) atoms. The maximum absolute atomic E-state index is 11.7. The molecule has 0 spiro atoms. The van der Waals surface area contributed by atoms with E-state index >= 15 is 0 Å². The number of methoxy groups -OCH3 is 2. The summed E-state index contributed by atoms with van der Waals surface area (Å²) in [7, 11) is 3.11. The Morgan fingerprint density at radius 3 is 2.62 bits per heavy atom. The van der Waals surface area contributed by atoms with Gasteiger partial charge in [-0.25, -0.2) is 0 Å². The van der Waals surface area contributed by atoms with Crippen molar-refractivity contribution < 1.29 is 14.3 Å². The van der Waals surface area contributed by atoms with E-state index in [0.29, 0.717) is 22.8 Å². The van der Waals surface area contributed by atoms with Gasteiger partial charge in [-0.3, -0.25) is 4.79 Å². The Balaban J connectivity index is 2.89. The summed E-state index contributed by atoms with van der Waals surface area (Å²) in [5.74, 6) is 1.79. The fourth-order valence-electron chi connectivity index (χ4n) is 1.18. The van der Waals surface area contributed by atoms with Crippen LogP contribution in [0.5, 0.6) is 11.5 Å². The topological polar surface area (TPSA) is 35.5 Å². The second-order valence-corrected chi connectivity index (χ2v) is 3.95. The van der Waals surface area contributed by atoms with Gasteiger partial charge < -0.3 is 9.47 Å². The van der Waals surface area contributed by atoms with Crippen LogP contribution in [0, 0.1) is 0 Å². The monoisotopic (exact) mass is 238 g/mol. The number of hydrogen-bond donors (Lipinski definition) is 0. The molecule has 0 saturated heterocycles. The second kappa shape index (κ2) is 6.23. The average molecular weight is 238 g/mol. The number of carbonyl (C=O) groups excluding carboxylic acids is 1. The number of thioether (sulfide) groups is 1. The van der Waals surface area contributed by atoms with Gasteiger partial charge in [-0.2, -0.15) is 0 Å². The number of benzene rings is 1. The van der Waals surface area contributed by atoms with Gasteiger partial charge in [0.05, 0.1) is 14.2 Å². The van der Waals surface area contributed by atoms with Crippen molar-refractivity contribution in [2.75, 3.05) is 20.0 Å². The van der Waals surface area contributed by atoms with E-state index in [-0.39, 0.29) is 5.12 Å². The van der Waals surface area contributed by atoms with Crippen LogP contribution in [0.3, 0.4) is 0 Å². The van der Waals surface area contributed by atoms with Crippen LogP contribution in [0.4, 0.5) is 0 Å². The molecule has 0 radical (unpaired) electrons. The van der Waals surface area contributed by atoms with Crippen molar-refractivity contribution in [1.29, 1.82) is 0 Å². The van der Waals surface area contributed by atoms with Gasteiger partial charge in [0.25, 0.3) is 0 Å². The Morgan fingerprint density at radius 1 is 1.38 bits per heavy atom. The SMILES string of the molecule is C=CCSC(=O)c1ccc(OC)c(OC)c1. The largest absolute Gasteiger partial charge is 0.493 e. The minimum Gasteiger partial charge on any atom is -0.493 e. The Kier molecular flexibility index (Phi) is 4.92. The summed E-state index contributed by atoms with van der Waals surface area (Å²) in [6.45, 7) is 3.57. The molecule has 86 valence electrons. The molecule has 3 nitrogen and oxygen atoms in total. The third-order valence-electron chi connectivity index (χ3n) is 1.95. The lowest BCUT2D eigenvalue weighted by Crippen LogP contribution is -1.97. The van der Waals surface area contributed by atoms with Gasteiger partial charge in [0.2, 0.25) is 5.12 Å². The van der Waals surface area contributed by atoms with E-state index < -0.39 is 0 Å². The molecular weight excluding hydrogens is 224 g/mol. The van der Waals surface area contributed by atoms with Gasteiger partial charge >= 0.3 is 0 Å². The standard InChI is InChI=1S/C12H14O3S/c1-4-7-16-12(13)9-5-6-10(14-2)11(8-9)15-3/h4-6,8H,1,7H2,2-3H3. The molecule has 0 aliphatic carbocycles. The van der Waals surface area contributed by atoms with Gasteiger partial charge in [-0.1, -0.05) is 17.8 Å². The molecule has 4 heteroatoms.